The molecule has 27 heavy (non-hydrogen) atoms. The number of para-hydroxylation sites is 1. The van der Waals surface area contributed by atoms with E-state index in [4.69, 9.17) is 0 Å². The van der Waals surface area contributed by atoms with Gasteiger partial charge in [0, 0.05) is 11.1 Å². The summed E-state index contributed by atoms with van der Waals surface area (Å²) in [7, 11) is 0. The monoisotopic (exact) mass is 367 g/mol. The van der Waals surface area contributed by atoms with Crippen molar-refractivity contribution >= 4 is 17.5 Å². The van der Waals surface area contributed by atoms with E-state index < -0.39 is 12.1 Å². The van der Waals surface area contributed by atoms with E-state index in [9.17, 15) is 9.59 Å². The van der Waals surface area contributed by atoms with E-state index in [1.165, 1.54) is 11.1 Å². The highest BCUT2D eigenvalue weighted by Crippen LogP contribution is 2.54. The summed E-state index contributed by atoms with van der Waals surface area (Å²) in [5.41, 5.74) is 3.31. The van der Waals surface area contributed by atoms with E-state index in [0.29, 0.717) is 18.8 Å². The molecule has 0 aliphatic carbocycles. The van der Waals surface area contributed by atoms with Crippen LogP contribution in [0.15, 0.2) is 35.9 Å². The molecule has 5 heteroatoms. The van der Waals surface area contributed by atoms with Crippen molar-refractivity contribution in [1.82, 2.24) is 10.2 Å². The molecule has 0 unspecified atom stereocenters. The average molecular weight is 367 g/mol. The third-order valence-electron chi connectivity index (χ3n) is 6.20. The number of anilines is 1. The van der Waals surface area contributed by atoms with Crippen molar-refractivity contribution in [3.05, 3.63) is 41.5 Å². The Morgan fingerprint density at radius 1 is 1.26 bits per heavy atom. The topological polar surface area (TPSA) is 61.4 Å². The molecule has 1 aromatic carbocycles. The van der Waals surface area contributed by atoms with Crippen LogP contribution in [0.2, 0.25) is 0 Å². The van der Waals surface area contributed by atoms with Crippen LogP contribution in [0.4, 0.5) is 5.69 Å². The Labute approximate surface area is 161 Å². The quantitative estimate of drug-likeness (QED) is 0.804. The maximum Gasteiger partial charge on any atom is 0.247 e. The fourth-order valence-electron chi connectivity index (χ4n) is 4.99. The van der Waals surface area contributed by atoms with Gasteiger partial charge in [0.05, 0.1) is 0 Å². The van der Waals surface area contributed by atoms with E-state index in [1.54, 1.807) is 0 Å². The van der Waals surface area contributed by atoms with Gasteiger partial charge in [0.1, 0.15) is 18.2 Å². The van der Waals surface area contributed by atoms with Gasteiger partial charge >= 0.3 is 0 Å². The number of nitrogens with one attached hydrogen (secondary N) is 2. The first kappa shape index (κ1) is 18.1. The van der Waals surface area contributed by atoms with Crippen LogP contribution in [0.5, 0.6) is 0 Å². The molecule has 4 atom stereocenters. The molecule has 0 radical (unpaired) electrons. The highest BCUT2D eigenvalue weighted by molar-refractivity contribution is 5.98. The molecule has 144 valence electrons. The van der Waals surface area contributed by atoms with Crippen molar-refractivity contribution in [2.75, 3.05) is 5.32 Å². The van der Waals surface area contributed by atoms with Crippen molar-refractivity contribution in [3.8, 4) is 0 Å². The van der Waals surface area contributed by atoms with Crippen LogP contribution in [0.1, 0.15) is 52.5 Å². The first-order valence-corrected chi connectivity index (χ1v) is 9.95. The predicted octanol–water partition coefficient (Wildman–Crippen LogP) is 3.18. The third-order valence-corrected chi connectivity index (χ3v) is 6.20. The maximum absolute atomic E-state index is 13.3. The van der Waals surface area contributed by atoms with Crippen molar-refractivity contribution < 1.29 is 9.59 Å². The number of rotatable bonds is 4. The highest BCUT2D eigenvalue weighted by atomic mass is 16.2. The number of benzene rings is 1. The average Bonchev–Trinajstić information content (AvgIpc) is 3.09. The number of nitrogens with zero attached hydrogens (tertiary/aromatic N) is 1. The maximum atomic E-state index is 13.3. The third kappa shape index (κ3) is 2.75. The van der Waals surface area contributed by atoms with Crippen molar-refractivity contribution in [2.24, 2.45) is 5.92 Å². The molecule has 0 saturated carbocycles. The summed E-state index contributed by atoms with van der Waals surface area (Å²) < 4.78 is 0. The minimum Gasteiger partial charge on any atom is -0.364 e. The lowest BCUT2D eigenvalue weighted by Gasteiger charge is -2.39. The van der Waals surface area contributed by atoms with Crippen molar-refractivity contribution in [3.63, 3.8) is 0 Å². The van der Waals surface area contributed by atoms with E-state index >= 15 is 0 Å². The van der Waals surface area contributed by atoms with Gasteiger partial charge in [-0.3, -0.25) is 9.59 Å². The number of carbonyl (C=O) groups is 2. The summed E-state index contributed by atoms with van der Waals surface area (Å²) in [6.07, 6.45) is 4.24. The van der Waals surface area contributed by atoms with Crippen LogP contribution < -0.4 is 10.6 Å². The zero-order valence-electron chi connectivity index (χ0n) is 16.6. The SMILES string of the molecule is CC(C)=CC[C@@]12C[C@@H]3C(=O)N[C@@H](CC(C)C)C(=O)N3[C@@H]1Nc1ccccc12. The molecule has 0 aromatic heterocycles. The first-order chi connectivity index (χ1) is 12.8. The van der Waals surface area contributed by atoms with Gasteiger partial charge < -0.3 is 15.5 Å². The van der Waals surface area contributed by atoms with Gasteiger partial charge in [-0.1, -0.05) is 43.7 Å². The van der Waals surface area contributed by atoms with E-state index in [0.717, 1.165) is 12.1 Å². The molecule has 2 N–H and O–H groups in total. The van der Waals surface area contributed by atoms with Crippen molar-refractivity contribution in [2.45, 2.75) is 70.6 Å². The molecule has 2 amide bonds. The smallest absolute Gasteiger partial charge is 0.247 e. The van der Waals surface area contributed by atoms with E-state index in [-0.39, 0.29) is 23.4 Å². The summed E-state index contributed by atoms with van der Waals surface area (Å²) in [5.74, 6) is 0.394. The second kappa shape index (κ2) is 6.39. The summed E-state index contributed by atoms with van der Waals surface area (Å²) in [5, 5.41) is 6.57. The largest absolute Gasteiger partial charge is 0.364 e. The fraction of sp³-hybridized carbons (Fsp3) is 0.545. The lowest BCUT2D eigenvalue weighted by molar-refractivity contribution is -0.149. The van der Waals surface area contributed by atoms with Crippen molar-refractivity contribution in [1.29, 1.82) is 0 Å². The number of fused-ring (bicyclic) bond motifs is 5. The Hall–Kier alpha value is -2.30. The molecule has 2 fully saturated rings. The van der Waals surface area contributed by atoms with Crippen LogP contribution >= 0.6 is 0 Å². The van der Waals surface area contributed by atoms with Gasteiger partial charge in [-0.2, -0.15) is 0 Å². The Balaban J connectivity index is 1.76. The molecule has 3 heterocycles. The summed E-state index contributed by atoms with van der Waals surface area (Å²) in [4.78, 5) is 28.1. The number of hydrogen-bond donors (Lipinski definition) is 2. The fourth-order valence-corrected chi connectivity index (χ4v) is 4.99. The van der Waals surface area contributed by atoms with Gasteiger partial charge in [0.15, 0.2) is 0 Å². The number of carbonyl (C=O) groups excluding carboxylic acids is 2. The molecule has 3 aliphatic heterocycles. The Kier molecular flexibility index (Phi) is 4.28. The van der Waals surface area contributed by atoms with Crippen LogP contribution in [0.3, 0.4) is 0 Å². The molecule has 0 bridgehead atoms. The van der Waals surface area contributed by atoms with Gasteiger partial charge in [0.2, 0.25) is 11.8 Å². The molecule has 2 saturated heterocycles. The molecular weight excluding hydrogens is 338 g/mol. The minimum atomic E-state index is -0.418. The molecule has 0 spiro atoms. The Morgan fingerprint density at radius 2 is 2.00 bits per heavy atom. The van der Waals surface area contributed by atoms with Crippen LogP contribution in [0.25, 0.3) is 0 Å². The van der Waals surface area contributed by atoms with E-state index in [2.05, 4.69) is 56.5 Å². The minimum absolute atomic E-state index is 0.00879. The second-order valence-electron chi connectivity index (χ2n) is 8.89. The number of allylic oxidation sites excluding steroid dienone is 2. The number of amides is 2. The lowest BCUT2D eigenvalue weighted by Crippen LogP contribution is -2.64. The summed E-state index contributed by atoms with van der Waals surface area (Å²) in [6, 6.07) is 7.48. The zero-order valence-corrected chi connectivity index (χ0v) is 16.6. The normalized spacial score (nSPS) is 31.1. The van der Waals surface area contributed by atoms with E-state index in [1.807, 2.05) is 17.0 Å². The Bertz CT molecular complexity index is 812. The predicted molar refractivity (Wildman–Crippen MR) is 106 cm³/mol. The van der Waals surface area contributed by atoms with Gasteiger partial charge in [-0.25, -0.2) is 0 Å². The summed E-state index contributed by atoms with van der Waals surface area (Å²) in [6.45, 7) is 8.36. The highest BCUT2D eigenvalue weighted by Gasteiger charge is 2.62. The second-order valence-corrected chi connectivity index (χ2v) is 8.89. The van der Waals surface area contributed by atoms with Gasteiger partial charge in [-0.05, 0) is 50.7 Å². The molecule has 1 aromatic rings. The molecule has 3 aliphatic rings. The summed E-state index contributed by atoms with van der Waals surface area (Å²) >= 11 is 0. The molecule has 4 rings (SSSR count). The van der Waals surface area contributed by atoms with Crippen LogP contribution in [-0.2, 0) is 15.0 Å². The number of hydrogen-bond acceptors (Lipinski definition) is 3. The van der Waals surface area contributed by atoms with Gasteiger partial charge in [0.25, 0.3) is 0 Å². The molecular formula is C22H29N3O2. The first-order valence-electron chi connectivity index (χ1n) is 9.95. The van der Waals surface area contributed by atoms with Gasteiger partial charge in [-0.15, -0.1) is 0 Å². The van der Waals surface area contributed by atoms with Crippen LogP contribution in [0, 0.1) is 5.92 Å². The standard InChI is InChI=1S/C22H29N3O2/c1-13(2)9-10-22-12-18-19(26)23-17(11-14(3)4)20(27)25(18)21(22)24-16-8-6-5-7-15(16)22/h5-9,14,17-18,21,24H,10-12H2,1-4H3,(H,23,26)/t17-,18+,21-,22-/m0/s1. The number of piperazine rings is 1. The Morgan fingerprint density at radius 3 is 2.70 bits per heavy atom. The zero-order chi connectivity index (χ0) is 19.3. The molecule has 5 nitrogen and oxygen atoms in total. The van der Waals surface area contributed by atoms with Crippen LogP contribution in [-0.4, -0.2) is 35.0 Å². The lowest BCUT2D eigenvalue weighted by atomic mass is 9.75.